The molecule has 11 heteroatoms. The minimum atomic E-state index is -4.50. The van der Waals surface area contributed by atoms with Crippen molar-refractivity contribution in [3.05, 3.63) is 60.3 Å². The molecule has 1 aromatic heterocycles. The lowest BCUT2D eigenvalue weighted by atomic mass is 10.1. The molecule has 0 atom stereocenters. The lowest BCUT2D eigenvalue weighted by Crippen LogP contribution is -2.38. The third-order valence-electron chi connectivity index (χ3n) is 6.32. The molecule has 2 amide bonds. The van der Waals surface area contributed by atoms with Gasteiger partial charge in [-0.25, -0.2) is 4.79 Å². The first-order valence-electron chi connectivity index (χ1n) is 12.0. The summed E-state index contributed by atoms with van der Waals surface area (Å²) < 4.78 is 52.2. The maximum absolute atomic E-state index is 13.0. The number of rotatable bonds is 8. The van der Waals surface area contributed by atoms with Gasteiger partial charge in [-0.15, -0.1) is 0 Å². The van der Waals surface area contributed by atoms with Crippen LogP contribution >= 0.6 is 0 Å². The lowest BCUT2D eigenvalue weighted by molar-refractivity contribution is -0.137. The van der Waals surface area contributed by atoms with Gasteiger partial charge in [-0.1, -0.05) is 6.07 Å². The summed E-state index contributed by atoms with van der Waals surface area (Å²) in [5.41, 5.74) is 1.17. The number of anilines is 2. The number of urea groups is 1. The van der Waals surface area contributed by atoms with E-state index in [1.165, 1.54) is 12.1 Å². The molecule has 1 aliphatic heterocycles. The number of nitrogens with one attached hydrogen (secondary N) is 2. The molecule has 0 spiro atoms. The number of aromatic nitrogens is 2. The highest BCUT2D eigenvalue weighted by molar-refractivity contribution is 6.00. The Morgan fingerprint density at radius 3 is 2.46 bits per heavy atom. The molecule has 0 radical (unpaired) electrons. The highest BCUT2D eigenvalue weighted by Crippen LogP contribution is 2.33. The molecule has 1 saturated heterocycles. The average molecular weight is 518 g/mol. The molecule has 4 rings (SSSR count). The Bertz CT molecular complexity index is 1210. The number of carbonyl (C=O) groups excluding carboxylic acids is 1. The van der Waals surface area contributed by atoms with Gasteiger partial charge in [0.2, 0.25) is 0 Å². The van der Waals surface area contributed by atoms with E-state index in [4.69, 9.17) is 9.47 Å². The molecular formula is C26H30F3N5O3. The molecule has 8 nitrogen and oxygen atoms in total. The van der Waals surface area contributed by atoms with Crippen molar-refractivity contribution in [2.24, 2.45) is 7.05 Å². The zero-order valence-corrected chi connectivity index (χ0v) is 20.7. The normalized spacial score (nSPS) is 14.9. The Hall–Kier alpha value is -3.57. The fourth-order valence-corrected chi connectivity index (χ4v) is 4.29. The molecular weight excluding hydrogens is 487 g/mol. The van der Waals surface area contributed by atoms with Crippen molar-refractivity contribution in [2.75, 3.05) is 44.0 Å². The Balaban J connectivity index is 1.43. The molecule has 37 heavy (non-hydrogen) atoms. The largest absolute Gasteiger partial charge is 0.492 e. The van der Waals surface area contributed by atoms with Crippen LogP contribution in [0.1, 0.15) is 18.4 Å². The predicted octanol–water partition coefficient (Wildman–Crippen LogP) is 5.24. The molecule has 2 heterocycles. The summed E-state index contributed by atoms with van der Waals surface area (Å²) >= 11 is 0. The van der Waals surface area contributed by atoms with E-state index in [0.717, 1.165) is 55.9 Å². The first-order valence-corrected chi connectivity index (χ1v) is 12.0. The second-order valence-corrected chi connectivity index (χ2v) is 8.83. The number of carbonyl (C=O) groups is 1. The summed E-state index contributed by atoms with van der Waals surface area (Å²) in [6, 6.07) is 10.8. The smallest absolute Gasteiger partial charge is 0.416 e. The van der Waals surface area contributed by atoms with Gasteiger partial charge in [0, 0.05) is 56.9 Å². The lowest BCUT2D eigenvalue weighted by Gasteiger charge is -2.31. The van der Waals surface area contributed by atoms with Gasteiger partial charge in [0.15, 0.2) is 0 Å². The van der Waals surface area contributed by atoms with E-state index in [9.17, 15) is 18.0 Å². The van der Waals surface area contributed by atoms with Crippen molar-refractivity contribution < 1.29 is 27.4 Å². The maximum atomic E-state index is 13.0. The van der Waals surface area contributed by atoms with E-state index in [-0.39, 0.29) is 5.69 Å². The fraction of sp³-hybridized carbons (Fsp3) is 0.385. The van der Waals surface area contributed by atoms with E-state index < -0.39 is 17.8 Å². The zero-order valence-electron chi connectivity index (χ0n) is 20.7. The van der Waals surface area contributed by atoms with E-state index in [0.29, 0.717) is 24.1 Å². The van der Waals surface area contributed by atoms with Crippen molar-refractivity contribution in [1.29, 1.82) is 0 Å². The number of methoxy groups -OCH3 is 1. The van der Waals surface area contributed by atoms with Crippen molar-refractivity contribution >= 4 is 17.4 Å². The topological polar surface area (TPSA) is 80.7 Å². The van der Waals surface area contributed by atoms with Crippen molar-refractivity contribution in [2.45, 2.75) is 25.1 Å². The Morgan fingerprint density at radius 2 is 1.81 bits per heavy atom. The van der Waals surface area contributed by atoms with E-state index in [1.54, 1.807) is 43.2 Å². The number of hydrogen-bond donors (Lipinski definition) is 2. The minimum absolute atomic E-state index is 0.0358. The Labute approximate surface area is 213 Å². The summed E-state index contributed by atoms with van der Waals surface area (Å²) in [6.07, 6.45) is -0.513. The summed E-state index contributed by atoms with van der Waals surface area (Å²) in [5.74, 6) is 0.638. The number of aryl methyl sites for hydroxylation is 1. The molecule has 2 aromatic carbocycles. The van der Waals surface area contributed by atoms with Crippen LogP contribution < -0.4 is 15.4 Å². The number of amides is 2. The first-order chi connectivity index (χ1) is 17.7. The fourth-order valence-electron chi connectivity index (χ4n) is 4.29. The van der Waals surface area contributed by atoms with Crippen LogP contribution in [0.15, 0.2) is 54.7 Å². The molecule has 3 aromatic rings. The van der Waals surface area contributed by atoms with Gasteiger partial charge >= 0.3 is 12.2 Å². The van der Waals surface area contributed by atoms with Crippen molar-refractivity contribution in [3.8, 4) is 17.0 Å². The predicted molar refractivity (Wildman–Crippen MR) is 135 cm³/mol. The highest BCUT2D eigenvalue weighted by Gasteiger charge is 2.30. The summed E-state index contributed by atoms with van der Waals surface area (Å²) in [7, 11) is 3.55. The van der Waals surface area contributed by atoms with Gasteiger partial charge in [-0.05, 0) is 55.3 Å². The second kappa shape index (κ2) is 11.7. The van der Waals surface area contributed by atoms with E-state index in [1.807, 2.05) is 6.07 Å². The van der Waals surface area contributed by atoms with Crippen LogP contribution in [-0.2, 0) is 18.0 Å². The maximum Gasteiger partial charge on any atom is 0.416 e. The van der Waals surface area contributed by atoms with Crippen molar-refractivity contribution in [3.63, 3.8) is 0 Å². The van der Waals surface area contributed by atoms with Gasteiger partial charge in [0.1, 0.15) is 12.4 Å². The van der Waals surface area contributed by atoms with Gasteiger partial charge in [-0.2, -0.15) is 18.3 Å². The summed E-state index contributed by atoms with van der Waals surface area (Å²) in [5, 5.41) is 9.35. The zero-order chi connectivity index (χ0) is 26.4. The number of benzene rings is 2. The molecule has 0 unspecified atom stereocenters. The van der Waals surface area contributed by atoms with Crippen LogP contribution in [0.2, 0.25) is 0 Å². The minimum Gasteiger partial charge on any atom is -0.492 e. The van der Waals surface area contributed by atoms with Gasteiger partial charge < -0.3 is 20.1 Å². The van der Waals surface area contributed by atoms with Gasteiger partial charge in [-0.3, -0.25) is 9.58 Å². The third-order valence-corrected chi connectivity index (χ3v) is 6.32. The molecule has 0 aliphatic carbocycles. The molecule has 0 bridgehead atoms. The van der Waals surface area contributed by atoms with Crippen molar-refractivity contribution in [1.82, 2.24) is 14.7 Å². The number of piperidine rings is 1. The summed E-state index contributed by atoms with van der Waals surface area (Å²) in [6.45, 7) is 3.19. The third kappa shape index (κ3) is 7.01. The van der Waals surface area contributed by atoms with Crippen LogP contribution in [0.4, 0.5) is 29.3 Å². The Morgan fingerprint density at radius 1 is 1.08 bits per heavy atom. The summed E-state index contributed by atoms with van der Waals surface area (Å²) in [4.78, 5) is 14.9. The molecule has 2 N–H and O–H groups in total. The van der Waals surface area contributed by atoms with E-state index >= 15 is 0 Å². The van der Waals surface area contributed by atoms with Crippen LogP contribution in [0.5, 0.6) is 5.75 Å². The number of alkyl halides is 3. The van der Waals surface area contributed by atoms with Gasteiger partial charge in [0.25, 0.3) is 0 Å². The number of halogens is 3. The monoisotopic (exact) mass is 517 g/mol. The van der Waals surface area contributed by atoms with Crippen LogP contribution in [-0.4, -0.2) is 60.2 Å². The number of nitrogens with zero attached hydrogens (tertiary/aromatic N) is 3. The number of hydrogen-bond acceptors (Lipinski definition) is 5. The molecule has 1 fully saturated rings. The Kier molecular flexibility index (Phi) is 8.34. The molecule has 198 valence electrons. The molecule has 0 saturated carbocycles. The standard InChI is InChI=1S/C26H30F3N5O3/c1-33-23(8-11-30-33)22-17-20(32-25(35)31-19-5-3-4-18(16-19)26(27,28)29)6-7-24(22)37-15-14-34-12-9-21(36-2)10-13-34/h3-8,11,16-17,21H,9-10,12-15H2,1-2H3,(H2,31,32,35). The van der Waals surface area contributed by atoms with Crippen LogP contribution in [0.25, 0.3) is 11.3 Å². The van der Waals surface area contributed by atoms with Gasteiger partial charge in [0.05, 0.1) is 17.4 Å². The van der Waals surface area contributed by atoms with Crippen LogP contribution in [0, 0.1) is 0 Å². The van der Waals surface area contributed by atoms with Crippen LogP contribution in [0.3, 0.4) is 0 Å². The SMILES string of the molecule is COC1CCN(CCOc2ccc(NC(=O)Nc3cccc(C(F)(F)F)c3)cc2-c2ccnn2C)CC1. The molecule has 1 aliphatic rings. The highest BCUT2D eigenvalue weighted by atomic mass is 19.4. The first kappa shape index (κ1) is 26.5. The second-order valence-electron chi connectivity index (χ2n) is 8.83. The quantitative estimate of drug-likeness (QED) is 0.427. The average Bonchev–Trinajstić information content (AvgIpc) is 3.30. The number of likely N-dealkylation sites (tertiary alicyclic amines) is 1. The van der Waals surface area contributed by atoms with E-state index in [2.05, 4.69) is 20.6 Å². The number of ether oxygens (including phenoxy) is 2.